The summed E-state index contributed by atoms with van der Waals surface area (Å²) in [6, 6.07) is 5.92. The van der Waals surface area contributed by atoms with E-state index in [-0.39, 0.29) is 17.3 Å². The van der Waals surface area contributed by atoms with Gasteiger partial charge in [0.15, 0.2) is 0 Å². The first-order chi connectivity index (χ1) is 19.3. The minimum atomic E-state index is -5.54. The van der Waals surface area contributed by atoms with Gasteiger partial charge in [-0.1, -0.05) is 51.5 Å². The Morgan fingerprint density at radius 3 is 2.29 bits per heavy atom. The molecule has 41 heavy (non-hydrogen) atoms. The average molecular weight is 607 g/mol. The predicted octanol–water partition coefficient (Wildman–Crippen LogP) is 8.68. The Labute approximate surface area is 244 Å². The van der Waals surface area contributed by atoms with Gasteiger partial charge in [-0.25, -0.2) is 0 Å². The Hall–Kier alpha value is -1.22. The zero-order valence-electron chi connectivity index (χ0n) is 24.2. The number of unbranched alkanes of at least 4 members (excludes halogenated alkanes) is 6. The Balaban J connectivity index is 1.15. The van der Waals surface area contributed by atoms with Gasteiger partial charge in [0.1, 0.15) is 5.75 Å². The second-order valence-corrected chi connectivity index (χ2v) is 14.9. The number of phenolic OH excluding ortho intramolecular Hbond substituents is 1. The van der Waals surface area contributed by atoms with Crippen LogP contribution in [0.1, 0.15) is 114 Å². The lowest BCUT2D eigenvalue weighted by Gasteiger charge is -2.53. The molecule has 0 saturated heterocycles. The van der Waals surface area contributed by atoms with Crippen LogP contribution in [0.25, 0.3) is 0 Å². The highest BCUT2D eigenvalue weighted by molar-refractivity contribution is 7.84. The van der Waals surface area contributed by atoms with Crippen LogP contribution in [0.3, 0.4) is 0 Å². The highest BCUT2D eigenvalue weighted by Gasteiger charge is 2.57. The molecule has 3 aliphatic carbocycles. The number of aliphatic hydroxyl groups is 1. The van der Waals surface area contributed by atoms with Gasteiger partial charge < -0.3 is 10.2 Å². The quantitative estimate of drug-likeness (QED) is 0.165. The van der Waals surface area contributed by atoms with E-state index in [9.17, 15) is 36.4 Å². The van der Waals surface area contributed by atoms with Gasteiger partial charge in [-0.05, 0) is 104 Å². The molecule has 0 spiro atoms. The Bertz CT molecular complexity index is 1030. The van der Waals surface area contributed by atoms with E-state index in [1.165, 1.54) is 11.1 Å². The molecule has 2 fully saturated rings. The molecule has 1 aromatic carbocycles. The molecule has 0 aliphatic heterocycles. The van der Waals surface area contributed by atoms with Crippen molar-refractivity contribution in [2.45, 2.75) is 127 Å². The van der Waals surface area contributed by atoms with Gasteiger partial charge >= 0.3 is 12.1 Å². The maximum absolute atomic E-state index is 13.0. The smallest absolute Gasteiger partial charge is 0.453 e. The number of aliphatic hydroxyl groups excluding tert-OH is 1. The molecule has 0 bridgehead atoms. The molecule has 2 unspecified atom stereocenters. The molecular weight excluding hydrogens is 559 g/mol. The number of alkyl halides is 5. The third-order valence-electron chi connectivity index (χ3n) is 10.6. The topological polar surface area (TPSA) is 57.5 Å². The van der Waals surface area contributed by atoms with Crippen LogP contribution in [0, 0.1) is 23.2 Å². The Kier molecular flexibility index (Phi) is 10.8. The van der Waals surface area contributed by atoms with Crippen LogP contribution in [0.2, 0.25) is 0 Å². The van der Waals surface area contributed by atoms with Gasteiger partial charge in [-0.15, -0.1) is 0 Å². The summed E-state index contributed by atoms with van der Waals surface area (Å²) in [6.07, 6.45) is 5.97. The molecule has 3 nitrogen and oxygen atoms in total. The Morgan fingerprint density at radius 1 is 0.927 bits per heavy atom. The summed E-state index contributed by atoms with van der Waals surface area (Å²) in [4.78, 5) is 0. The van der Waals surface area contributed by atoms with E-state index in [1.54, 1.807) is 0 Å². The fraction of sp³-hybridized carbons (Fsp3) is 0.812. The monoisotopic (exact) mass is 606 g/mol. The minimum Gasteiger partial charge on any atom is -0.508 e. The molecular formula is C32H47F5O3S. The van der Waals surface area contributed by atoms with Crippen molar-refractivity contribution in [3.8, 4) is 5.75 Å². The van der Waals surface area contributed by atoms with Gasteiger partial charge in [-0.3, -0.25) is 4.21 Å². The fourth-order valence-electron chi connectivity index (χ4n) is 8.28. The number of aromatic hydroxyl groups is 1. The van der Waals surface area contributed by atoms with E-state index < -0.39 is 35.7 Å². The van der Waals surface area contributed by atoms with Crippen molar-refractivity contribution in [1.29, 1.82) is 0 Å². The molecule has 2 N–H and O–H groups in total. The molecule has 0 amide bonds. The Morgan fingerprint density at radius 2 is 1.59 bits per heavy atom. The van der Waals surface area contributed by atoms with Crippen LogP contribution in [0.15, 0.2) is 18.2 Å². The average Bonchev–Trinajstić information content (AvgIpc) is 3.20. The van der Waals surface area contributed by atoms with E-state index in [1.807, 2.05) is 12.1 Å². The van der Waals surface area contributed by atoms with Crippen molar-refractivity contribution in [2.24, 2.45) is 23.2 Å². The van der Waals surface area contributed by atoms with Gasteiger partial charge in [0, 0.05) is 28.7 Å². The highest BCUT2D eigenvalue weighted by Crippen LogP contribution is 2.62. The molecule has 4 rings (SSSR count). The first-order valence-electron chi connectivity index (χ1n) is 15.6. The number of halogens is 5. The third-order valence-corrected chi connectivity index (χ3v) is 12.0. The second kappa shape index (κ2) is 13.6. The van der Waals surface area contributed by atoms with Gasteiger partial charge in [0.25, 0.3) is 0 Å². The molecule has 9 heteroatoms. The molecule has 0 heterocycles. The summed E-state index contributed by atoms with van der Waals surface area (Å²) in [5.41, 5.74) is 2.73. The first-order valence-corrected chi connectivity index (χ1v) is 17.1. The molecule has 0 radical (unpaired) electrons. The van der Waals surface area contributed by atoms with Gasteiger partial charge in [0.2, 0.25) is 0 Å². The highest BCUT2D eigenvalue weighted by atomic mass is 32.2. The number of fused-ring (bicyclic) bond motifs is 5. The maximum atomic E-state index is 13.0. The summed E-state index contributed by atoms with van der Waals surface area (Å²) < 4.78 is 74.5. The number of hydrogen-bond acceptors (Lipinski definition) is 3. The van der Waals surface area contributed by atoms with Crippen LogP contribution in [0.4, 0.5) is 22.0 Å². The minimum absolute atomic E-state index is 0.0195. The van der Waals surface area contributed by atoms with Crippen LogP contribution >= 0.6 is 0 Å². The second-order valence-electron chi connectivity index (χ2n) is 13.2. The largest absolute Gasteiger partial charge is 0.508 e. The summed E-state index contributed by atoms with van der Waals surface area (Å²) in [7, 11) is -1.35. The predicted molar refractivity (Wildman–Crippen MR) is 153 cm³/mol. The lowest BCUT2D eigenvalue weighted by Crippen LogP contribution is -2.47. The van der Waals surface area contributed by atoms with E-state index in [4.69, 9.17) is 0 Å². The normalized spacial score (nSPS) is 30.5. The molecule has 2 saturated carbocycles. The number of hydrogen-bond donors (Lipinski definition) is 2. The number of phenols is 1. The van der Waals surface area contributed by atoms with Crippen molar-refractivity contribution < 1.29 is 36.4 Å². The van der Waals surface area contributed by atoms with Crippen molar-refractivity contribution in [3.05, 3.63) is 29.3 Å². The maximum Gasteiger partial charge on any atom is 0.453 e. The molecule has 0 aromatic heterocycles. The lowest BCUT2D eigenvalue weighted by atomic mass is 9.52. The summed E-state index contributed by atoms with van der Waals surface area (Å²) in [5.74, 6) is -1.91. The lowest BCUT2D eigenvalue weighted by molar-refractivity contribution is -0.284. The van der Waals surface area contributed by atoms with E-state index in [0.29, 0.717) is 41.6 Å². The van der Waals surface area contributed by atoms with E-state index >= 15 is 0 Å². The van der Waals surface area contributed by atoms with Crippen molar-refractivity contribution in [3.63, 3.8) is 0 Å². The van der Waals surface area contributed by atoms with Gasteiger partial charge in [-0.2, -0.15) is 22.0 Å². The van der Waals surface area contributed by atoms with Crippen LogP contribution in [-0.4, -0.2) is 44.1 Å². The van der Waals surface area contributed by atoms with E-state index in [2.05, 4.69) is 13.0 Å². The van der Waals surface area contributed by atoms with Crippen molar-refractivity contribution in [2.75, 3.05) is 11.5 Å². The number of rotatable bonds is 14. The van der Waals surface area contributed by atoms with Crippen LogP contribution < -0.4 is 0 Å². The summed E-state index contributed by atoms with van der Waals surface area (Å²) >= 11 is 0. The van der Waals surface area contributed by atoms with Crippen molar-refractivity contribution >= 4 is 10.8 Å². The summed E-state index contributed by atoms with van der Waals surface area (Å²) in [6.45, 7) is 2.30. The molecule has 7 atom stereocenters. The fourth-order valence-corrected chi connectivity index (χ4v) is 9.48. The van der Waals surface area contributed by atoms with Crippen LogP contribution in [0.5, 0.6) is 5.75 Å². The third kappa shape index (κ3) is 7.66. The first kappa shape index (κ1) is 32.7. The zero-order chi connectivity index (χ0) is 29.8. The van der Waals surface area contributed by atoms with Gasteiger partial charge in [0.05, 0.1) is 6.10 Å². The number of benzene rings is 1. The SMILES string of the molecule is C[C@]12CCC3c4ccc(O)cc4C[C@@H](CCCCCCCCCS(=O)CCCC(F)(F)C(F)(F)F)[C@H]3[C@@H]1CC[C@@H]2O. The van der Waals surface area contributed by atoms with Crippen LogP contribution in [-0.2, 0) is 17.2 Å². The van der Waals surface area contributed by atoms with E-state index in [0.717, 1.165) is 77.0 Å². The van der Waals surface area contributed by atoms with Crippen molar-refractivity contribution in [1.82, 2.24) is 0 Å². The zero-order valence-corrected chi connectivity index (χ0v) is 25.1. The standard InChI is InChI=1S/C32H47F5O3S/c1-30-17-15-26-25-12-11-24(38)21-23(25)20-22(29(26)27(30)13-14-28(30)39)10-7-5-3-2-4-6-8-18-41(40)19-9-16-31(33,34)32(35,36)37/h11-12,21-22,26-29,38-39H,2-10,13-20H2,1H3/t22-,26?,27+,28+,29-,30+,41?/m1/s1. The molecule has 234 valence electrons. The molecule has 1 aromatic rings. The summed E-state index contributed by atoms with van der Waals surface area (Å²) in [5, 5.41) is 21.0. The molecule has 3 aliphatic rings.